The molecule has 2 aromatic carbocycles. The van der Waals surface area contributed by atoms with Gasteiger partial charge in [0.25, 0.3) is 5.91 Å². The van der Waals surface area contributed by atoms with Crippen LogP contribution >= 0.6 is 0 Å². The van der Waals surface area contributed by atoms with Crippen LogP contribution in [0.3, 0.4) is 0 Å². The van der Waals surface area contributed by atoms with Crippen molar-refractivity contribution in [1.29, 1.82) is 0 Å². The lowest BCUT2D eigenvalue weighted by atomic mass is 10.1. The van der Waals surface area contributed by atoms with Gasteiger partial charge in [0.2, 0.25) is 5.91 Å². The fraction of sp³-hybridized carbons (Fsp3) is 0.333. The molecular formula is C27H31N5O2. The molecule has 7 heteroatoms. The molecule has 0 atom stereocenters. The van der Waals surface area contributed by atoms with Gasteiger partial charge in [-0.05, 0) is 45.0 Å². The molecule has 1 aliphatic heterocycles. The molecule has 34 heavy (non-hydrogen) atoms. The van der Waals surface area contributed by atoms with Crippen LogP contribution in [0, 0.1) is 13.8 Å². The summed E-state index contributed by atoms with van der Waals surface area (Å²) in [6.45, 7) is 9.08. The lowest BCUT2D eigenvalue weighted by Crippen LogP contribution is -2.52. The average molecular weight is 458 g/mol. The largest absolute Gasteiger partial charge is 0.352 e. The Balaban J connectivity index is 1.32. The third-order valence-electron chi connectivity index (χ3n) is 6.25. The molecule has 0 saturated carbocycles. The third-order valence-corrected chi connectivity index (χ3v) is 6.25. The van der Waals surface area contributed by atoms with E-state index in [2.05, 4.69) is 34.2 Å². The van der Waals surface area contributed by atoms with Crippen molar-refractivity contribution in [1.82, 2.24) is 20.0 Å². The Morgan fingerprint density at radius 3 is 2.00 bits per heavy atom. The van der Waals surface area contributed by atoms with Crippen molar-refractivity contribution in [3.8, 4) is 11.3 Å². The standard InChI is InChI=1S/C27H31N5O2/c1-4-30(27(34)23-11-7-21(3)8-12-23)19-26(33)32-17-15-31(16-18-32)25-14-13-24(28-29-25)22-9-5-20(2)6-10-22/h5-14H,4,15-19H2,1-3H3. The maximum absolute atomic E-state index is 12.9. The summed E-state index contributed by atoms with van der Waals surface area (Å²) in [5.74, 6) is 0.675. The maximum Gasteiger partial charge on any atom is 0.254 e. The van der Waals surface area contributed by atoms with Crippen molar-refractivity contribution >= 4 is 17.6 Å². The van der Waals surface area contributed by atoms with Crippen LogP contribution in [0.15, 0.2) is 60.7 Å². The topological polar surface area (TPSA) is 69.6 Å². The first-order valence-electron chi connectivity index (χ1n) is 11.7. The summed E-state index contributed by atoms with van der Waals surface area (Å²) in [6.07, 6.45) is 0. The van der Waals surface area contributed by atoms with Gasteiger partial charge in [-0.3, -0.25) is 9.59 Å². The van der Waals surface area contributed by atoms with E-state index in [4.69, 9.17) is 0 Å². The molecule has 0 spiro atoms. The molecule has 4 rings (SSSR count). The van der Waals surface area contributed by atoms with Crippen LogP contribution in [0.25, 0.3) is 11.3 Å². The second kappa shape index (κ2) is 10.5. The number of amides is 2. The number of piperazine rings is 1. The summed E-state index contributed by atoms with van der Waals surface area (Å²) in [5.41, 5.74) is 4.80. The predicted molar refractivity (Wildman–Crippen MR) is 134 cm³/mol. The summed E-state index contributed by atoms with van der Waals surface area (Å²) in [6, 6.07) is 19.7. The maximum atomic E-state index is 12.9. The van der Waals surface area contributed by atoms with Gasteiger partial charge in [-0.15, -0.1) is 10.2 Å². The first-order chi connectivity index (χ1) is 16.4. The molecule has 0 radical (unpaired) electrons. The van der Waals surface area contributed by atoms with Gasteiger partial charge >= 0.3 is 0 Å². The molecule has 2 heterocycles. The smallest absolute Gasteiger partial charge is 0.254 e. The second-order valence-electron chi connectivity index (χ2n) is 8.70. The van der Waals surface area contributed by atoms with Gasteiger partial charge in [0.15, 0.2) is 5.82 Å². The zero-order chi connectivity index (χ0) is 24.1. The summed E-state index contributed by atoms with van der Waals surface area (Å²) >= 11 is 0. The Bertz CT molecular complexity index is 1120. The first kappa shape index (κ1) is 23.4. The van der Waals surface area contributed by atoms with Crippen LogP contribution in [0.4, 0.5) is 5.82 Å². The molecular weight excluding hydrogens is 426 g/mol. The summed E-state index contributed by atoms with van der Waals surface area (Å²) < 4.78 is 0. The number of rotatable bonds is 6. The average Bonchev–Trinajstić information content (AvgIpc) is 2.88. The Morgan fingerprint density at radius 2 is 1.44 bits per heavy atom. The molecule has 1 saturated heterocycles. The van der Waals surface area contributed by atoms with Crippen LogP contribution in [0.1, 0.15) is 28.4 Å². The van der Waals surface area contributed by atoms with E-state index in [1.807, 2.05) is 67.3 Å². The SMILES string of the molecule is CCN(CC(=O)N1CCN(c2ccc(-c3ccc(C)cc3)nn2)CC1)C(=O)c1ccc(C)cc1. The first-order valence-corrected chi connectivity index (χ1v) is 11.7. The van der Waals surface area contributed by atoms with E-state index in [9.17, 15) is 9.59 Å². The Kier molecular flexibility index (Phi) is 7.21. The number of anilines is 1. The van der Waals surface area contributed by atoms with E-state index in [0.717, 1.165) is 22.6 Å². The van der Waals surface area contributed by atoms with E-state index in [1.165, 1.54) is 5.56 Å². The Labute approximate surface area is 201 Å². The van der Waals surface area contributed by atoms with E-state index in [0.29, 0.717) is 38.3 Å². The number of nitrogens with zero attached hydrogens (tertiary/aromatic N) is 5. The molecule has 3 aromatic rings. The van der Waals surface area contributed by atoms with E-state index < -0.39 is 0 Å². The fourth-order valence-corrected chi connectivity index (χ4v) is 4.03. The number of aryl methyl sites for hydroxylation is 2. The quantitative estimate of drug-likeness (QED) is 0.566. The third kappa shape index (κ3) is 5.42. The van der Waals surface area contributed by atoms with Crippen LogP contribution in [-0.4, -0.2) is 71.1 Å². The highest BCUT2D eigenvalue weighted by atomic mass is 16.2. The van der Waals surface area contributed by atoms with Crippen molar-refractivity contribution in [3.63, 3.8) is 0 Å². The summed E-state index contributed by atoms with van der Waals surface area (Å²) in [7, 11) is 0. The predicted octanol–water partition coefficient (Wildman–Crippen LogP) is 3.57. The van der Waals surface area contributed by atoms with Gasteiger partial charge in [0.1, 0.15) is 6.54 Å². The molecule has 1 aromatic heterocycles. The molecule has 176 valence electrons. The molecule has 1 aliphatic rings. The van der Waals surface area contributed by atoms with Crippen molar-refractivity contribution in [2.45, 2.75) is 20.8 Å². The number of likely N-dealkylation sites (N-methyl/N-ethyl adjacent to an activating group) is 1. The van der Waals surface area contributed by atoms with Gasteiger partial charge in [0, 0.05) is 43.9 Å². The number of carbonyl (C=O) groups is 2. The van der Waals surface area contributed by atoms with E-state index in [-0.39, 0.29) is 18.4 Å². The van der Waals surface area contributed by atoms with Gasteiger partial charge in [-0.1, -0.05) is 47.5 Å². The minimum absolute atomic E-state index is 0.0252. The van der Waals surface area contributed by atoms with Crippen molar-refractivity contribution < 1.29 is 9.59 Å². The van der Waals surface area contributed by atoms with Crippen LogP contribution < -0.4 is 4.90 Å². The second-order valence-corrected chi connectivity index (χ2v) is 8.70. The number of benzene rings is 2. The van der Waals surface area contributed by atoms with Gasteiger partial charge < -0.3 is 14.7 Å². The van der Waals surface area contributed by atoms with Crippen molar-refractivity contribution in [3.05, 3.63) is 77.4 Å². The minimum atomic E-state index is -0.113. The molecule has 0 unspecified atom stereocenters. The Morgan fingerprint density at radius 1 is 0.824 bits per heavy atom. The number of aromatic nitrogens is 2. The van der Waals surface area contributed by atoms with E-state index in [1.54, 1.807) is 4.90 Å². The molecule has 0 bridgehead atoms. The van der Waals surface area contributed by atoms with E-state index >= 15 is 0 Å². The monoisotopic (exact) mass is 457 g/mol. The molecule has 1 fully saturated rings. The van der Waals surface area contributed by atoms with Gasteiger partial charge in [-0.25, -0.2) is 0 Å². The molecule has 7 nitrogen and oxygen atoms in total. The lowest BCUT2D eigenvalue weighted by molar-refractivity contribution is -0.132. The zero-order valence-electron chi connectivity index (χ0n) is 20.1. The van der Waals surface area contributed by atoms with Crippen LogP contribution in [0.5, 0.6) is 0 Å². The normalized spacial score (nSPS) is 13.6. The molecule has 0 aliphatic carbocycles. The minimum Gasteiger partial charge on any atom is -0.352 e. The van der Waals surface area contributed by atoms with Crippen LogP contribution in [-0.2, 0) is 4.79 Å². The number of carbonyl (C=O) groups excluding carboxylic acids is 2. The van der Waals surface area contributed by atoms with Gasteiger partial charge in [-0.2, -0.15) is 0 Å². The lowest BCUT2D eigenvalue weighted by Gasteiger charge is -2.36. The van der Waals surface area contributed by atoms with Gasteiger partial charge in [0.05, 0.1) is 5.69 Å². The summed E-state index contributed by atoms with van der Waals surface area (Å²) in [4.78, 5) is 31.3. The number of hydrogen-bond acceptors (Lipinski definition) is 5. The zero-order valence-corrected chi connectivity index (χ0v) is 20.1. The highest BCUT2D eigenvalue weighted by Crippen LogP contribution is 2.20. The number of hydrogen-bond donors (Lipinski definition) is 0. The molecule has 2 amide bonds. The van der Waals surface area contributed by atoms with Crippen molar-refractivity contribution in [2.75, 3.05) is 44.2 Å². The van der Waals surface area contributed by atoms with Crippen LogP contribution in [0.2, 0.25) is 0 Å². The Hall–Kier alpha value is -3.74. The summed E-state index contributed by atoms with van der Waals surface area (Å²) in [5, 5.41) is 8.81. The highest BCUT2D eigenvalue weighted by Gasteiger charge is 2.25. The van der Waals surface area contributed by atoms with Crippen molar-refractivity contribution in [2.24, 2.45) is 0 Å². The highest BCUT2D eigenvalue weighted by molar-refractivity contribution is 5.96. The molecule has 0 N–H and O–H groups in total. The fourth-order valence-electron chi connectivity index (χ4n) is 4.03.